The third kappa shape index (κ3) is 3.08. The molecule has 1 aliphatic heterocycles. The van der Waals surface area contributed by atoms with Crippen LogP contribution < -0.4 is 0 Å². The van der Waals surface area contributed by atoms with Crippen LogP contribution in [0.4, 0.5) is 0 Å². The second-order valence-corrected chi connectivity index (χ2v) is 6.94. The standard InChI is InChI=1S/C17H23N3OS/c1-19(2)16-12-20(11-14-10-18-22-13-14)9-8-17(16,21)15-6-4-3-5-7-15/h3-7,10,13,16,21H,8-9,11-12H2,1-2H3/t16-,17+/m1/s1. The van der Waals surface area contributed by atoms with Gasteiger partial charge in [0.1, 0.15) is 5.60 Å². The molecule has 1 saturated heterocycles. The Morgan fingerprint density at radius 2 is 2.14 bits per heavy atom. The molecule has 2 aromatic rings. The maximum Gasteiger partial charge on any atom is 0.107 e. The highest BCUT2D eigenvalue weighted by Gasteiger charge is 2.43. The van der Waals surface area contributed by atoms with Gasteiger partial charge in [0.25, 0.3) is 0 Å². The molecule has 0 radical (unpaired) electrons. The van der Waals surface area contributed by atoms with Gasteiger partial charge in [0, 0.05) is 31.2 Å². The summed E-state index contributed by atoms with van der Waals surface area (Å²) in [5.74, 6) is 0. The van der Waals surface area contributed by atoms with E-state index >= 15 is 0 Å². The minimum absolute atomic E-state index is 0.0789. The number of likely N-dealkylation sites (tertiary alicyclic amines) is 1. The van der Waals surface area contributed by atoms with E-state index in [1.165, 1.54) is 17.1 Å². The first-order valence-corrected chi connectivity index (χ1v) is 8.48. The first-order chi connectivity index (χ1) is 10.6. The Balaban J connectivity index is 1.79. The predicted molar refractivity (Wildman–Crippen MR) is 89.8 cm³/mol. The van der Waals surface area contributed by atoms with Gasteiger partial charge in [-0.15, -0.1) is 0 Å². The number of rotatable bonds is 4. The molecule has 0 unspecified atom stereocenters. The van der Waals surface area contributed by atoms with Gasteiger partial charge in [-0.2, -0.15) is 0 Å². The summed E-state index contributed by atoms with van der Waals surface area (Å²) in [6.07, 6.45) is 2.69. The van der Waals surface area contributed by atoms with Gasteiger partial charge in [-0.25, -0.2) is 4.37 Å². The molecule has 0 spiro atoms. The van der Waals surface area contributed by atoms with E-state index in [2.05, 4.69) is 19.6 Å². The molecule has 2 atom stereocenters. The molecule has 22 heavy (non-hydrogen) atoms. The maximum absolute atomic E-state index is 11.3. The van der Waals surface area contributed by atoms with E-state index in [0.717, 1.165) is 31.6 Å². The van der Waals surface area contributed by atoms with Crippen molar-refractivity contribution in [1.82, 2.24) is 14.2 Å². The number of aromatic nitrogens is 1. The zero-order valence-corrected chi connectivity index (χ0v) is 14.0. The van der Waals surface area contributed by atoms with Crippen LogP contribution in [-0.4, -0.2) is 52.5 Å². The third-order valence-corrected chi connectivity index (χ3v) is 5.21. The fourth-order valence-corrected chi connectivity index (χ4v) is 3.87. The van der Waals surface area contributed by atoms with E-state index in [0.29, 0.717) is 0 Å². The van der Waals surface area contributed by atoms with E-state index in [1.807, 2.05) is 50.6 Å². The average Bonchev–Trinajstić information content (AvgIpc) is 3.03. The first kappa shape index (κ1) is 15.6. The predicted octanol–water partition coefficient (Wildman–Crippen LogP) is 2.17. The van der Waals surface area contributed by atoms with Gasteiger partial charge in [-0.3, -0.25) is 4.90 Å². The molecule has 1 aliphatic rings. The van der Waals surface area contributed by atoms with Gasteiger partial charge < -0.3 is 10.0 Å². The largest absolute Gasteiger partial charge is 0.383 e. The Hall–Kier alpha value is -1.27. The van der Waals surface area contributed by atoms with Crippen molar-refractivity contribution < 1.29 is 5.11 Å². The molecular formula is C17H23N3OS. The number of hydrogen-bond donors (Lipinski definition) is 1. The van der Waals surface area contributed by atoms with Crippen molar-refractivity contribution in [3.63, 3.8) is 0 Å². The van der Waals surface area contributed by atoms with Crippen molar-refractivity contribution in [3.8, 4) is 0 Å². The van der Waals surface area contributed by atoms with Gasteiger partial charge in [-0.1, -0.05) is 30.3 Å². The molecule has 4 nitrogen and oxygen atoms in total. The van der Waals surface area contributed by atoms with Crippen LogP contribution in [-0.2, 0) is 12.1 Å². The Kier molecular flexibility index (Phi) is 4.59. The second kappa shape index (κ2) is 6.46. The molecule has 3 rings (SSSR count). The number of nitrogens with zero attached hydrogens (tertiary/aromatic N) is 3. The first-order valence-electron chi connectivity index (χ1n) is 7.64. The molecule has 0 aliphatic carbocycles. The lowest BCUT2D eigenvalue weighted by molar-refractivity contribution is -0.0892. The molecule has 1 fully saturated rings. The quantitative estimate of drug-likeness (QED) is 0.938. The topological polar surface area (TPSA) is 39.6 Å². The highest BCUT2D eigenvalue weighted by atomic mass is 32.1. The summed E-state index contributed by atoms with van der Waals surface area (Å²) in [7, 11) is 4.10. The van der Waals surface area contributed by atoms with Gasteiger partial charge in [-0.05, 0) is 43.2 Å². The highest BCUT2D eigenvalue weighted by molar-refractivity contribution is 7.03. The molecule has 5 heteroatoms. The van der Waals surface area contributed by atoms with Crippen LogP contribution in [0.1, 0.15) is 17.5 Å². The van der Waals surface area contributed by atoms with Crippen LogP contribution in [0, 0.1) is 0 Å². The van der Waals surface area contributed by atoms with Crippen LogP contribution >= 0.6 is 11.5 Å². The maximum atomic E-state index is 11.3. The van der Waals surface area contributed by atoms with Gasteiger partial charge in [0.2, 0.25) is 0 Å². The summed E-state index contributed by atoms with van der Waals surface area (Å²) in [6.45, 7) is 2.66. The van der Waals surface area contributed by atoms with Crippen molar-refractivity contribution in [2.75, 3.05) is 27.2 Å². The number of aliphatic hydroxyl groups is 1. The lowest BCUT2D eigenvalue weighted by Crippen LogP contribution is -2.58. The Morgan fingerprint density at radius 3 is 2.77 bits per heavy atom. The smallest absolute Gasteiger partial charge is 0.107 e. The second-order valence-electron chi connectivity index (χ2n) is 6.29. The summed E-state index contributed by atoms with van der Waals surface area (Å²) in [6, 6.07) is 10.2. The van der Waals surface area contributed by atoms with Crippen molar-refractivity contribution in [2.24, 2.45) is 0 Å². The van der Waals surface area contributed by atoms with Gasteiger partial charge >= 0.3 is 0 Å². The monoisotopic (exact) mass is 317 g/mol. The van der Waals surface area contributed by atoms with Crippen molar-refractivity contribution in [1.29, 1.82) is 0 Å². The minimum Gasteiger partial charge on any atom is -0.383 e. The summed E-state index contributed by atoms with van der Waals surface area (Å²) >= 11 is 1.50. The third-order valence-electron chi connectivity index (χ3n) is 4.58. The highest BCUT2D eigenvalue weighted by Crippen LogP contribution is 2.35. The summed E-state index contributed by atoms with van der Waals surface area (Å²) in [4.78, 5) is 4.55. The van der Waals surface area contributed by atoms with Crippen molar-refractivity contribution >= 4 is 11.5 Å². The minimum atomic E-state index is -0.784. The van der Waals surface area contributed by atoms with Crippen molar-refractivity contribution in [3.05, 3.63) is 53.0 Å². The fourth-order valence-electron chi connectivity index (χ4n) is 3.34. The van der Waals surface area contributed by atoms with Gasteiger partial charge in [0.15, 0.2) is 0 Å². The van der Waals surface area contributed by atoms with Crippen LogP contribution in [0.3, 0.4) is 0 Å². The summed E-state index contributed by atoms with van der Waals surface area (Å²) < 4.78 is 4.17. The summed E-state index contributed by atoms with van der Waals surface area (Å²) in [5.41, 5.74) is 1.49. The molecule has 1 aromatic carbocycles. The van der Waals surface area contributed by atoms with E-state index in [-0.39, 0.29) is 6.04 Å². The average molecular weight is 317 g/mol. The number of hydrogen-bond acceptors (Lipinski definition) is 5. The fraction of sp³-hybridized carbons (Fsp3) is 0.471. The van der Waals surface area contributed by atoms with E-state index in [9.17, 15) is 5.11 Å². The van der Waals surface area contributed by atoms with E-state index in [1.54, 1.807) is 0 Å². The normalized spacial score (nSPS) is 26.5. The van der Waals surface area contributed by atoms with Crippen LogP contribution in [0.2, 0.25) is 0 Å². The molecule has 1 aromatic heterocycles. The van der Waals surface area contributed by atoms with Crippen molar-refractivity contribution in [2.45, 2.75) is 24.6 Å². The lowest BCUT2D eigenvalue weighted by Gasteiger charge is -2.47. The van der Waals surface area contributed by atoms with E-state index < -0.39 is 5.60 Å². The molecular weight excluding hydrogens is 294 g/mol. The Morgan fingerprint density at radius 1 is 1.36 bits per heavy atom. The zero-order chi connectivity index (χ0) is 15.6. The number of likely N-dealkylation sites (N-methyl/N-ethyl adjacent to an activating group) is 1. The van der Waals surface area contributed by atoms with Crippen LogP contribution in [0.15, 0.2) is 41.9 Å². The Bertz CT molecular complexity index is 587. The molecule has 1 N–H and O–H groups in total. The number of piperidine rings is 1. The number of benzene rings is 1. The molecule has 0 amide bonds. The molecule has 2 heterocycles. The van der Waals surface area contributed by atoms with E-state index in [4.69, 9.17) is 0 Å². The molecule has 0 bridgehead atoms. The molecule has 0 saturated carbocycles. The SMILES string of the molecule is CN(C)[C@@H]1CN(Cc2cnsc2)CC[C@]1(O)c1ccccc1. The zero-order valence-electron chi connectivity index (χ0n) is 13.1. The Labute approximate surface area is 136 Å². The summed E-state index contributed by atoms with van der Waals surface area (Å²) in [5, 5.41) is 13.4. The van der Waals surface area contributed by atoms with Gasteiger partial charge in [0.05, 0.1) is 6.04 Å². The van der Waals surface area contributed by atoms with Crippen LogP contribution in [0.25, 0.3) is 0 Å². The molecule has 118 valence electrons. The van der Waals surface area contributed by atoms with Crippen LogP contribution in [0.5, 0.6) is 0 Å². The lowest BCUT2D eigenvalue weighted by atomic mass is 9.80.